The van der Waals surface area contributed by atoms with Gasteiger partial charge in [0.05, 0.1) is 0 Å². The number of likely N-dealkylation sites (tertiary alicyclic amines) is 1. The van der Waals surface area contributed by atoms with Crippen LogP contribution in [0.4, 0.5) is 13.2 Å². The summed E-state index contributed by atoms with van der Waals surface area (Å²) in [6.07, 6.45) is -3.27. The molecule has 0 atom stereocenters. The molecule has 1 fully saturated rings. The third-order valence-electron chi connectivity index (χ3n) is 3.99. The molecule has 0 aromatic heterocycles. The summed E-state index contributed by atoms with van der Waals surface area (Å²) >= 11 is 0. The standard InChI is InChI=1S/C17H24F3N3O.HI/c1-16(2)8-9-23(11-16)15(21-3)22-10-13-6-4-5-7-14(13)24-12-17(18,19)20;/h4-7H,8-12H2,1-3H3,(H,21,22);1H. The number of halogens is 4. The maximum absolute atomic E-state index is 12.4. The average Bonchev–Trinajstić information content (AvgIpc) is 2.86. The van der Waals surface area contributed by atoms with Crippen LogP contribution in [0.1, 0.15) is 25.8 Å². The predicted molar refractivity (Wildman–Crippen MR) is 104 cm³/mol. The largest absolute Gasteiger partial charge is 0.484 e. The minimum atomic E-state index is -4.35. The molecule has 142 valence electrons. The number of hydrogen-bond donors (Lipinski definition) is 1. The molecule has 1 aromatic rings. The molecule has 0 amide bonds. The Kier molecular flexibility index (Phi) is 7.83. The number of para-hydroxylation sites is 1. The van der Waals surface area contributed by atoms with Crippen molar-refractivity contribution in [3.63, 3.8) is 0 Å². The fraction of sp³-hybridized carbons (Fsp3) is 0.588. The Morgan fingerprint density at radius 3 is 2.56 bits per heavy atom. The number of aliphatic imine (C=N–C) groups is 1. The number of hydrogen-bond acceptors (Lipinski definition) is 2. The molecule has 8 heteroatoms. The van der Waals surface area contributed by atoms with Gasteiger partial charge in [-0.1, -0.05) is 32.0 Å². The second kappa shape index (κ2) is 8.95. The van der Waals surface area contributed by atoms with Gasteiger partial charge in [-0.05, 0) is 17.9 Å². The van der Waals surface area contributed by atoms with Gasteiger partial charge in [-0.25, -0.2) is 0 Å². The number of nitrogens with zero attached hydrogens (tertiary/aromatic N) is 2. The lowest BCUT2D eigenvalue weighted by Crippen LogP contribution is -2.40. The molecule has 0 bridgehead atoms. The van der Waals surface area contributed by atoms with E-state index in [1.165, 1.54) is 0 Å². The molecule has 1 saturated heterocycles. The Morgan fingerprint density at radius 1 is 1.32 bits per heavy atom. The molecule has 0 spiro atoms. The highest BCUT2D eigenvalue weighted by molar-refractivity contribution is 14.0. The van der Waals surface area contributed by atoms with Crippen LogP contribution in [-0.4, -0.2) is 43.8 Å². The fourth-order valence-electron chi connectivity index (χ4n) is 2.75. The van der Waals surface area contributed by atoms with E-state index in [2.05, 4.69) is 29.1 Å². The van der Waals surface area contributed by atoms with Gasteiger partial charge in [0.2, 0.25) is 0 Å². The van der Waals surface area contributed by atoms with Crippen LogP contribution in [0.15, 0.2) is 29.3 Å². The lowest BCUT2D eigenvalue weighted by molar-refractivity contribution is -0.153. The molecule has 25 heavy (non-hydrogen) atoms. The maximum Gasteiger partial charge on any atom is 0.422 e. The highest BCUT2D eigenvalue weighted by Gasteiger charge is 2.31. The zero-order chi connectivity index (χ0) is 17.8. The first-order valence-electron chi connectivity index (χ1n) is 7.93. The number of rotatable bonds is 4. The summed E-state index contributed by atoms with van der Waals surface area (Å²) < 4.78 is 42.0. The molecule has 1 aliphatic heterocycles. The maximum atomic E-state index is 12.4. The third kappa shape index (κ3) is 6.91. The van der Waals surface area contributed by atoms with E-state index in [9.17, 15) is 13.2 Å². The number of ether oxygens (including phenoxy) is 1. The van der Waals surface area contributed by atoms with Crippen LogP contribution in [0.2, 0.25) is 0 Å². The van der Waals surface area contributed by atoms with Gasteiger partial charge in [-0.15, -0.1) is 24.0 Å². The zero-order valence-electron chi connectivity index (χ0n) is 14.7. The van der Waals surface area contributed by atoms with Gasteiger partial charge in [0.15, 0.2) is 12.6 Å². The summed E-state index contributed by atoms with van der Waals surface area (Å²) in [5, 5.41) is 3.22. The molecule has 2 rings (SSSR count). The number of benzene rings is 1. The van der Waals surface area contributed by atoms with Crippen LogP contribution < -0.4 is 10.1 Å². The zero-order valence-corrected chi connectivity index (χ0v) is 17.0. The summed E-state index contributed by atoms with van der Waals surface area (Å²) in [4.78, 5) is 6.44. The minimum Gasteiger partial charge on any atom is -0.484 e. The van der Waals surface area contributed by atoms with Crippen LogP contribution in [0.5, 0.6) is 5.75 Å². The predicted octanol–water partition coefficient (Wildman–Crippen LogP) is 4.05. The Hall–Kier alpha value is -1.19. The molecule has 1 aliphatic rings. The third-order valence-corrected chi connectivity index (χ3v) is 3.99. The smallest absolute Gasteiger partial charge is 0.422 e. The summed E-state index contributed by atoms with van der Waals surface area (Å²) in [6, 6.07) is 6.73. The van der Waals surface area contributed by atoms with Crippen LogP contribution in [0.3, 0.4) is 0 Å². The van der Waals surface area contributed by atoms with Crippen molar-refractivity contribution in [3.8, 4) is 5.75 Å². The summed E-state index contributed by atoms with van der Waals surface area (Å²) in [5.74, 6) is 0.991. The molecule has 1 N–H and O–H groups in total. The Bertz CT molecular complexity index is 591. The number of guanidine groups is 1. The summed E-state index contributed by atoms with van der Waals surface area (Å²) in [5.41, 5.74) is 0.909. The quantitative estimate of drug-likeness (QED) is 0.409. The van der Waals surface area contributed by atoms with Crippen molar-refractivity contribution in [3.05, 3.63) is 29.8 Å². The van der Waals surface area contributed by atoms with Crippen molar-refractivity contribution in [1.29, 1.82) is 0 Å². The molecule has 0 saturated carbocycles. The molecule has 0 radical (unpaired) electrons. The van der Waals surface area contributed by atoms with E-state index >= 15 is 0 Å². The summed E-state index contributed by atoms with van der Waals surface area (Å²) in [6.45, 7) is 5.30. The Morgan fingerprint density at radius 2 is 2.00 bits per heavy atom. The van der Waals surface area contributed by atoms with Crippen molar-refractivity contribution >= 4 is 29.9 Å². The lowest BCUT2D eigenvalue weighted by atomic mass is 9.93. The van der Waals surface area contributed by atoms with E-state index in [4.69, 9.17) is 4.74 Å². The van der Waals surface area contributed by atoms with Gasteiger partial charge < -0.3 is 15.0 Å². The highest BCUT2D eigenvalue weighted by Crippen LogP contribution is 2.29. The van der Waals surface area contributed by atoms with E-state index in [0.717, 1.165) is 25.5 Å². The van der Waals surface area contributed by atoms with Gasteiger partial charge >= 0.3 is 6.18 Å². The average molecular weight is 471 g/mol. The molecular formula is C17H25F3IN3O. The highest BCUT2D eigenvalue weighted by atomic mass is 127. The molecule has 4 nitrogen and oxygen atoms in total. The second-order valence-corrected chi connectivity index (χ2v) is 6.75. The first-order valence-corrected chi connectivity index (χ1v) is 7.93. The van der Waals surface area contributed by atoms with Crippen molar-refractivity contribution in [2.45, 2.75) is 33.0 Å². The molecule has 1 aromatic carbocycles. The Labute approximate surface area is 163 Å². The molecule has 0 aliphatic carbocycles. The van der Waals surface area contributed by atoms with E-state index in [1.54, 1.807) is 31.3 Å². The topological polar surface area (TPSA) is 36.9 Å². The van der Waals surface area contributed by atoms with Crippen LogP contribution in [-0.2, 0) is 6.54 Å². The SMILES string of the molecule is CN=C(NCc1ccccc1OCC(F)(F)F)N1CCC(C)(C)C1.I. The minimum absolute atomic E-state index is 0. The van der Waals surface area contributed by atoms with Gasteiger partial charge in [-0.3, -0.25) is 4.99 Å². The van der Waals surface area contributed by atoms with Gasteiger partial charge in [0, 0.05) is 32.2 Å². The van der Waals surface area contributed by atoms with E-state index in [1.807, 2.05) is 0 Å². The summed E-state index contributed by atoms with van der Waals surface area (Å²) in [7, 11) is 1.71. The van der Waals surface area contributed by atoms with Crippen molar-refractivity contribution in [2.75, 3.05) is 26.7 Å². The second-order valence-electron chi connectivity index (χ2n) is 6.75. The van der Waals surface area contributed by atoms with Gasteiger partial charge in [0.1, 0.15) is 5.75 Å². The van der Waals surface area contributed by atoms with E-state index in [0.29, 0.717) is 12.1 Å². The van der Waals surface area contributed by atoms with E-state index < -0.39 is 12.8 Å². The molecular weight excluding hydrogens is 446 g/mol. The van der Waals surface area contributed by atoms with Gasteiger partial charge in [0.25, 0.3) is 0 Å². The normalized spacial score (nSPS) is 17.2. The van der Waals surface area contributed by atoms with Crippen LogP contribution >= 0.6 is 24.0 Å². The van der Waals surface area contributed by atoms with Crippen molar-refractivity contribution in [1.82, 2.24) is 10.2 Å². The molecule has 1 heterocycles. The van der Waals surface area contributed by atoms with Crippen LogP contribution in [0.25, 0.3) is 0 Å². The Balaban J connectivity index is 0.00000312. The van der Waals surface area contributed by atoms with Gasteiger partial charge in [-0.2, -0.15) is 13.2 Å². The first kappa shape index (κ1) is 21.9. The van der Waals surface area contributed by atoms with Crippen molar-refractivity contribution in [2.24, 2.45) is 10.4 Å². The monoisotopic (exact) mass is 471 g/mol. The van der Waals surface area contributed by atoms with Crippen LogP contribution in [0, 0.1) is 5.41 Å². The molecule has 0 unspecified atom stereocenters. The first-order chi connectivity index (χ1) is 11.2. The number of alkyl halides is 3. The fourth-order valence-corrected chi connectivity index (χ4v) is 2.75. The lowest BCUT2D eigenvalue weighted by Gasteiger charge is -2.24. The number of nitrogens with one attached hydrogen (secondary N) is 1. The van der Waals surface area contributed by atoms with Crippen molar-refractivity contribution < 1.29 is 17.9 Å². The van der Waals surface area contributed by atoms with E-state index in [-0.39, 0.29) is 35.1 Å².